The summed E-state index contributed by atoms with van der Waals surface area (Å²) in [5, 5.41) is 0.497. The summed E-state index contributed by atoms with van der Waals surface area (Å²) < 4.78 is 31.4. The van der Waals surface area contributed by atoms with Gasteiger partial charge in [0.05, 0.1) is 12.0 Å². The van der Waals surface area contributed by atoms with Gasteiger partial charge in [0, 0.05) is 29.1 Å². The Bertz CT molecular complexity index is 879. The Balaban J connectivity index is 1.74. The van der Waals surface area contributed by atoms with Crippen molar-refractivity contribution in [1.82, 2.24) is 4.72 Å². The Morgan fingerprint density at radius 1 is 1.15 bits per heavy atom. The molecular formula is C19H20ClNO4S2. The number of methoxy groups -OCH3 is 1. The molecule has 0 fully saturated rings. The first-order chi connectivity index (χ1) is 12.9. The van der Waals surface area contributed by atoms with Gasteiger partial charge in [-0.3, -0.25) is 0 Å². The summed E-state index contributed by atoms with van der Waals surface area (Å²) in [4.78, 5) is 11.3. The van der Waals surface area contributed by atoms with Crippen molar-refractivity contribution in [2.75, 3.05) is 19.4 Å². The molecule has 0 saturated heterocycles. The minimum Gasteiger partial charge on any atom is -0.466 e. The number of carbonyl (C=O) groups excluding carboxylic acids is 1. The molecule has 2 aromatic rings. The van der Waals surface area contributed by atoms with Crippen LogP contribution in [0.2, 0.25) is 5.02 Å². The van der Waals surface area contributed by atoms with E-state index in [4.69, 9.17) is 11.6 Å². The van der Waals surface area contributed by atoms with Gasteiger partial charge in [-0.15, -0.1) is 0 Å². The van der Waals surface area contributed by atoms with Gasteiger partial charge in [0.15, 0.2) is 0 Å². The fourth-order valence-electron chi connectivity index (χ4n) is 2.09. The van der Waals surface area contributed by atoms with E-state index < -0.39 is 16.0 Å². The molecule has 0 saturated carbocycles. The van der Waals surface area contributed by atoms with E-state index in [9.17, 15) is 13.2 Å². The molecule has 27 heavy (non-hydrogen) atoms. The van der Waals surface area contributed by atoms with Gasteiger partial charge >= 0.3 is 5.97 Å². The zero-order valence-corrected chi connectivity index (χ0v) is 17.1. The third-order valence-electron chi connectivity index (χ3n) is 3.52. The summed E-state index contributed by atoms with van der Waals surface area (Å²) in [5.41, 5.74) is 2.03. The quantitative estimate of drug-likeness (QED) is 0.376. The van der Waals surface area contributed by atoms with Crippen molar-refractivity contribution in [3.8, 4) is 0 Å². The number of hydrogen-bond donors (Lipinski definition) is 1. The minimum atomic E-state index is -3.51. The van der Waals surface area contributed by atoms with Gasteiger partial charge in [0.2, 0.25) is 10.0 Å². The SMILES string of the molecule is COC(=O)C=Cc1ccc(CSCCNS(=O)(=O)c2ccc(Cl)cc2)cc1. The van der Waals surface area contributed by atoms with Gasteiger partial charge in [-0.2, -0.15) is 11.8 Å². The van der Waals surface area contributed by atoms with Crippen LogP contribution in [0.5, 0.6) is 0 Å². The molecule has 0 aliphatic rings. The fourth-order valence-corrected chi connectivity index (χ4v) is 4.20. The summed E-state index contributed by atoms with van der Waals surface area (Å²) in [5.74, 6) is 1.02. The van der Waals surface area contributed by atoms with Crippen molar-refractivity contribution >= 4 is 45.4 Å². The van der Waals surface area contributed by atoms with Crippen LogP contribution >= 0.6 is 23.4 Å². The first-order valence-corrected chi connectivity index (χ1v) is 11.1. The van der Waals surface area contributed by atoms with Gasteiger partial charge in [-0.25, -0.2) is 17.9 Å². The summed E-state index contributed by atoms with van der Waals surface area (Å²) >= 11 is 7.40. The van der Waals surface area contributed by atoms with Crippen molar-refractivity contribution in [1.29, 1.82) is 0 Å². The average Bonchev–Trinajstić information content (AvgIpc) is 2.67. The van der Waals surface area contributed by atoms with Crippen LogP contribution in [0.15, 0.2) is 59.5 Å². The molecule has 0 heterocycles. The summed E-state index contributed by atoms with van der Waals surface area (Å²) in [6, 6.07) is 13.8. The lowest BCUT2D eigenvalue weighted by Gasteiger charge is -2.07. The van der Waals surface area contributed by atoms with Crippen LogP contribution in [0, 0.1) is 0 Å². The minimum absolute atomic E-state index is 0.201. The van der Waals surface area contributed by atoms with Crippen LogP contribution in [-0.4, -0.2) is 33.8 Å². The highest BCUT2D eigenvalue weighted by molar-refractivity contribution is 7.98. The first kappa shape index (κ1) is 21.5. The van der Waals surface area contributed by atoms with Crippen molar-refractivity contribution in [3.05, 3.63) is 70.8 Å². The predicted molar refractivity (Wildman–Crippen MR) is 110 cm³/mol. The van der Waals surface area contributed by atoms with Gasteiger partial charge in [-0.05, 0) is 41.5 Å². The highest BCUT2D eigenvalue weighted by atomic mass is 35.5. The molecule has 5 nitrogen and oxygen atoms in total. The molecule has 0 unspecified atom stereocenters. The molecule has 2 aromatic carbocycles. The molecule has 8 heteroatoms. The third kappa shape index (κ3) is 7.38. The van der Waals surface area contributed by atoms with Crippen LogP contribution in [-0.2, 0) is 25.3 Å². The number of carbonyl (C=O) groups is 1. The Morgan fingerprint density at radius 3 is 2.44 bits per heavy atom. The Hall–Kier alpha value is -1.80. The topological polar surface area (TPSA) is 72.5 Å². The molecule has 0 bridgehead atoms. The molecule has 0 spiro atoms. The van der Waals surface area contributed by atoms with Crippen molar-refractivity contribution < 1.29 is 17.9 Å². The Morgan fingerprint density at radius 2 is 1.81 bits per heavy atom. The average molecular weight is 426 g/mol. The van der Waals surface area contributed by atoms with E-state index in [1.54, 1.807) is 30.0 Å². The molecule has 0 aliphatic carbocycles. The van der Waals surface area contributed by atoms with E-state index in [1.165, 1.54) is 25.3 Å². The lowest BCUT2D eigenvalue weighted by molar-refractivity contribution is -0.134. The molecule has 0 radical (unpaired) electrons. The number of ether oxygens (including phenoxy) is 1. The highest BCUT2D eigenvalue weighted by Gasteiger charge is 2.12. The van der Waals surface area contributed by atoms with Crippen LogP contribution in [0.3, 0.4) is 0 Å². The molecule has 1 N–H and O–H groups in total. The second kappa shape index (κ2) is 10.5. The molecule has 0 aromatic heterocycles. The fraction of sp³-hybridized carbons (Fsp3) is 0.211. The van der Waals surface area contributed by atoms with Gasteiger partial charge in [0.1, 0.15) is 0 Å². The first-order valence-electron chi connectivity index (χ1n) is 8.08. The number of thioether (sulfide) groups is 1. The van der Waals surface area contributed by atoms with Crippen LogP contribution in [0.4, 0.5) is 0 Å². The summed E-state index contributed by atoms with van der Waals surface area (Å²) in [6.45, 7) is 0.343. The monoisotopic (exact) mass is 425 g/mol. The zero-order valence-electron chi connectivity index (χ0n) is 14.7. The molecule has 144 valence electrons. The molecular weight excluding hydrogens is 406 g/mol. The van der Waals surface area contributed by atoms with Gasteiger partial charge in [-0.1, -0.05) is 35.9 Å². The normalized spacial score (nSPS) is 11.6. The number of esters is 1. The largest absolute Gasteiger partial charge is 0.466 e. The standard InChI is InChI=1S/C19H20ClNO4S2/c1-25-19(22)11-6-15-2-4-16(5-3-15)14-26-13-12-21-27(23,24)18-9-7-17(20)8-10-18/h2-11,21H,12-14H2,1H3. The van der Waals surface area contributed by atoms with Crippen molar-refractivity contribution in [3.63, 3.8) is 0 Å². The highest BCUT2D eigenvalue weighted by Crippen LogP contribution is 2.15. The Kier molecular flexibility index (Phi) is 8.37. The maximum absolute atomic E-state index is 12.1. The molecule has 0 aliphatic heterocycles. The number of nitrogens with one attached hydrogen (secondary N) is 1. The van der Waals surface area contributed by atoms with Gasteiger partial charge < -0.3 is 4.74 Å². The maximum atomic E-state index is 12.1. The van der Waals surface area contributed by atoms with Crippen LogP contribution in [0.1, 0.15) is 11.1 Å². The lowest BCUT2D eigenvalue weighted by atomic mass is 10.1. The summed E-state index contributed by atoms with van der Waals surface area (Å²) in [6.07, 6.45) is 3.06. The lowest BCUT2D eigenvalue weighted by Crippen LogP contribution is -2.26. The Labute approximate surface area is 168 Å². The van der Waals surface area contributed by atoms with Gasteiger partial charge in [0.25, 0.3) is 0 Å². The van der Waals surface area contributed by atoms with E-state index in [0.29, 0.717) is 17.3 Å². The van der Waals surface area contributed by atoms with Crippen molar-refractivity contribution in [2.24, 2.45) is 0 Å². The number of benzene rings is 2. The van der Waals surface area contributed by atoms with E-state index in [1.807, 2.05) is 24.3 Å². The van der Waals surface area contributed by atoms with Crippen molar-refractivity contribution in [2.45, 2.75) is 10.6 Å². The summed E-state index contributed by atoms with van der Waals surface area (Å²) in [7, 11) is -2.17. The van der Waals surface area contributed by atoms with E-state index >= 15 is 0 Å². The number of halogens is 1. The number of sulfonamides is 1. The molecule has 0 atom stereocenters. The van der Waals surface area contributed by atoms with E-state index in [-0.39, 0.29) is 4.90 Å². The van der Waals surface area contributed by atoms with E-state index in [2.05, 4.69) is 9.46 Å². The predicted octanol–water partition coefficient (Wildman–Crippen LogP) is 3.74. The molecule has 0 amide bonds. The zero-order chi connectivity index (χ0) is 19.7. The number of hydrogen-bond acceptors (Lipinski definition) is 5. The van der Waals surface area contributed by atoms with Crippen LogP contribution in [0.25, 0.3) is 6.08 Å². The van der Waals surface area contributed by atoms with Crippen LogP contribution < -0.4 is 4.72 Å². The smallest absolute Gasteiger partial charge is 0.330 e. The number of rotatable bonds is 9. The maximum Gasteiger partial charge on any atom is 0.330 e. The second-order valence-electron chi connectivity index (χ2n) is 5.50. The molecule has 2 rings (SSSR count). The second-order valence-corrected chi connectivity index (χ2v) is 8.81. The van der Waals surface area contributed by atoms with E-state index in [0.717, 1.165) is 16.9 Å². The third-order valence-corrected chi connectivity index (χ3v) is 6.28.